The number of nitrogens with zero attached hydrogens (tertiary/aromatic N) is 2. The second-order valence-corrected chi connectivity index (χ2v) is 8.03. The molecule has 1 aliphatic heterocycles. The van der Waals surface area contributed by atoms with Crippen LogP contribution in [0.4, 0.5) is 0 Å². The number of benzene rings is 1. The fraction of sp³-hybridized carbons (Fsp3) is 0.391. The molecule has 146 valence electrons. The van der Waals surface area contributed by atoms with Crippen molar-refractivity contribution in [3.63, 3.8) is 0 Å². The Morgan fingerprint density at radius 3 is 2.64 bits per heavy atom. The van der Waals surface area contributed by atoms with Gasteiger partial charge >= 0.3 is 5.97 Å². The van der Waals surface area contributed by atoms with Crippen LogP contribution in [0, 0.1) is 0 Å². The molecule has 0 spiro atoms. The first-order valence-corrected chi connectivity index (χ1v) is 10.4. The first-order chi connectivity index (χ1) is 13.6. The first kappa shape index (κ1) is 19.2. The number of aryl methyl sites for hydroxylation is 2. The van der Waals surface area contributed by atoms with Crippen LogP contribution in [0.3, 0.4) is 0 Å². The van der Waals surface area contributed by atoms with Crippen LogP contribution in [0.1, 0.15) is 48.6 Å². The summed E-state index contributed by atoms with van der Waals surface area (Å²) < 4.78 is 0. The van der Waals surface area contributed by atoms with Crippen LogP contribution in [0.2, 0.25) is 5.02 Å². The fourth-order valence-electron chi connectivity index (χ4n) is 4.58. The van der Waals surface area contributed by atoms with Crippen LogP contribution in [-0.4, -0.2) is 40.1 Å². The number of carboxylic acids is 1. The summed E-state index contributed by atoms with van der Waals surface area (Å²) in [4.78, 5) is 18.4. The number of piperidine rings is 1. The number of pyridine rings is 1. The maximum atomic E-state index is 11.5. The number of carboxylic acid groups (broad SMARTS) is 1. The molecular weight excluding hydrogens is 372 g/mol. The summed E-state index contributed by atoms with van der Waals surface area (Å²) >= 11 is 6.28. The number of hydrogen-bond donors (Lipinski definition) is 1. The maximum absolute atomic E-state index is 11.5. The SMILES string of the molecule is CCC(C(=O)O)N1CCC(=C2c3ccc(Cl)cc3CCc3cccnc32)CC1. The van der Waals surface area contributed by atoms with E-state index in [0.29, 0.717) is 6.42 Å². The zero-order valence-electron chi connectivity index (χ0n) is 16.1. The van der Waals surface area contributed by atoms with Crippen molar-refractivity contribution >= 4 is 23.1 Å². The van der Waals surface area contributed by atoms with E-state index in [4.69, 9.17) is 16.6 Å². The number of rotatable bonds is 3. The lowest BCUT2D eigenvalue weighted by molar-refractivity contribution is -0.143. The zero-order chi connectivity index (χ0) is 19.7. The van der Waals surface area contributed by atoms with Crippen molar-refractivity contribution in [2.45, 2.75) is 45.1 Å². The molecule has 4 rings (SSSR count). The van der Waals surface area contributed by atoms with Gasteiger partial charge in [-0.15, -0.1) is 0 Å². The Bertz CT molecular complexity index is 928. The average Bonchev–Trinajstić information content (AvgIpc) is 2.85. The van der Waals surface area contributed by atoms with Crippen molar-refractivity contribution in [1.29, 1.82) is 0 Å². The van der Waals surface area contributed by atoms with E-state index in [-0.39, 0.29) is 0 Å². The van der Waals surface area contributed by atoms with Gasteiger partial charge in [0.05, 0.1) is 5.69 Å². The molecule has 2 aromatic rings. The number of likely N-dealkylation sites (tertiary alicyclic amines) is 1. The standard InChI is InChI=1S/C23H25ClN2O2/c1-2-20(23(27)28)26-12-9-15(10-13-26)21-19-8-7-18(24)14-17(19)6-5-16-4-3-11-25-22(16)21/h3-4,7-8,11,14,20H,2,5-6,9-10,12-13H2,1H3,(H,27,28). The third kappa shape index (κ3) is 3.59. The Labute approximate surface area is 170 Å². The molecule has 28 heavy (non-hydrogen) atoms. The van der Waals surface area contributed by atoms with Gasteiger partial charge in [0.15, 0.2) is 0 Å². The molecule has 1 unspecified atom stereocenters. The van der Waals surface area contributed by atoms with E-state index >= 15 is 0 Å². The Morgan fingerprint density at radius 1 is 1.18 bits per heavy atom. The average molecular weight is 397 g/mol. The second kappa shape index (κ2) is 8.06. The van der Waals surface area contributed by atoms with Gasteiger partial charge in [0, 0.05) is 29.9 Å². The molecule has 1 aliphatic carbocycles. The molecule has 1 saturated heterocycles. The number of fused-ring (bicyclic) bond motifs is 2. The summed E-state index contributed by atoms with van der Waals surface area (Å²) in [6, 6.07) is 9.95. The summed E-state index contributed by atoms with van der Waals surface area (Å²) in [6.45, 7) is 3.49. The number of aromatic nitrogens is 1. The molecule has 0 amide bonds. The molecule has 5 heteroatoms. The summed E-state index contributed by atoms with van der Waals surface area (Å²) in [5.74, 6) is -0.722. The summed E-state index contributed by atoms with van der Waals surface area (Å²) in [7, 11) is 0. The molecule has 0 radical (unpaired) electrons. The molecule has 1 N–H and O–H groups in total. The van der Waals surface area contributed by atoms with Crippen molar-refractivity contribution in [1.82, 2.24) is 9.88 Å². The van der Waals surface area contributed by atoms with E-state index < -0.39 is 12.0 Å². The van der Waals surface area contributed by atoms with Crippen LogP contribution in [0.25, 0.3) is 5.57 Å². The van der Waals surface area contributed by atoms with Gasteiger partial charge in [-0.1, -0.05) is 36.2 Å². The number of carbonyl (C=O) groups is 1. The van der Waals surface area contributed by atoms with Gasteiger partial charge in [0.1, 0.15) is 6.04 Å². The highest BCUT2D eigenvalue weighted by atomic mass is 35.5. The summed E-state index contributed by atoms with van der Waals surface area (Å²) in [6.07, 6.45) is 6.15. The largest absolute Gasteiger partial charge is 0.480 e. The maximum Gasteiger partial charge on any atom is 0.320 e. The third-order valence-electron chi connectivity index (χ3n) is 6.00. The Balaban J connectivity index is 1.76. The summed E-state index contributed by atoms with van der Waals surface area (Å²) in [5.41, 5.74) is 7.47. The predicted molar refractivity (Wildman–Crippen MR) is 112 cm³/mol. The van der Waals surface area contributed by atoms with Crippen LogP contribution in [-0.2, 0) is 17.6 Å². The molecule has 0 saturated carbocycles. The molecular formula is C23H25ClN2O2. The lowest BCUT2D eigenvalue weighted by Crippen LogP contribution is -2.44. The van der Waals surface area contributed by atoms with E-state index in [1.54, 1.807) is 0 Å². The normalized spacial score (nSPS) is 18.2. The topological polar surface area (TPSA) is 53.4 Å². The van der Waals surface area contributed by atoms with Gasteiger partial charge in [-0.3, -0.25) is 14.7 Å². The van der Waals surface area contributed by atoms with Crippen molar-refractivity contribution in [3.8, 4) is 0 Å². The van der Waals surface area contributed by atoms with Gasteiger partial charge < -0.3 is 5.11 Å². The Kier molecular flexibility index (Phi) is 5.51. The Hall–Kier alpha value is -2.17. The molecule has 1 fully saturated rings. The minimum absolute atomic E-state index is 0.391. The third-order valence-corrected chi connectivity index (χ3v) is 6.23. The molecule has 2 heterocycles. The van der Waals surface area contributed by atoms with Crippen molar-refractivity contribution in [3.05, 3.63) is 69.5 Å². The number of aliphatic carboxylic acids is 1. The second-order valence-electron chi connectivity index (χ2n) is 7.59. The highest BCUT2D eigenvalue weighted by Gasteiger charge is 2.29. The van der Waals surface area contributed by atoms with E-state index in [1.807, 2.05) is 25.3 Å². The minimum Gasteiger partial charge on any atom is -0.480 e. The van der Waals surface area contributed by atoms with Crippen LogP contribution < -0.4 is 0 Å². The summed E-state index contributed by atoms with van der Waals surface area (Å²) in [5, 5.41) is 10.3. The number of halogens is 1. The highest BCUT2D eigenvalue weighted by molar-refractivity contribution is 6.30. The lowest BCUT2D eigenvalue weighted by atomic mass is 9.88. The van der Waals surface area contributed by atoms with E-state index in [9.17, 15) is 9.90 Å². The Morgan fingerprint density at radius 2 is 1.93 bits per heavy atom. The molecule has 1 atom stereocenters. The molecule has 4 nitrogen and oxygen atoms in total. The lowest BCUT2D eigenvalue weighted by Gasteiger charge is -2.33. The van der Waals surface area contributed by atoms with Crippen LogP contribution in [0.15, 0.2) is 42.1 Å². The monoisotopic (exact) mass is 396 g/mol. The number of hydrogen-bond acceptors (Lipinski definition) is 3. The first-order valence-electron chi connectivity index (χ1n) is 10.0. The molecule has 1 aromatic carbocycles. The van der Waals surface area contributed by atoms with Crippen LogP contribution >= 0.6 is 11.6 Å². The highest BCUT2D eigenvalue weighted by Crippen LogP contribution is 2.38. The van der Waals surface area contributed by atoms with E-state index in [1.165, 1.54) is 27.8 Å². The van der Waals surface area contributed by atoms with Gasteiger partial charge in [-0.2, -0.15) is 0 Å². The van der Waals surface area contributed by atoms with Crippen molar-refractivity contribution in [2.75, 3.05) is 13.1 Å². The van der Waals surface area contributed by atoms with Crippen LogP contribution in [0.5, 0.6) is 0 Å². The molecule has 1 aromatic heterocycles. The van der Waals surface area contributed by atoms with Gasteiger partial charge in [-0.05, 0) is 67.0 Å². The molecule has 0 bridgehead atoms. The van der Waals surface area contributed by atoms with Gasteiger partial charge in [0.2, 0.25) is 0 Å². The zero-order valence-corrected chi connectivity index (χ0v) is 16.9. The van der Waals surface area contributed by atoms with Crippen molar-refractivity contribution in [2.24, 2.45) is 0 Å². The fourth-order valence-corrected chi connectivity index (χ4v) is 4.77. The van der Waals surface area contributed by atoms with Gasteiger partial charge in [0.25, 0.3) is 0 Å². The molecule has 2 aliphatic rings. The predicted octanol–water partition coefficient (Wildman–Crippen LogP) is 4.59. The quantitative estimate of drug-likeness (QED) is 0.824. The van der Waals surface area contributed by atoms with E-state index in [0.717, 1.165) is 49.5 Å². The minimum atomic E-state index is -0.722. The van der Waals surface area contributed by atoms with E-state index in [2.05, 4.69) is 23.1 Å². The van der Waals surface area contributed by atoms with Gasteiger partial charge in [-0.25, -0.2) is 0 Å². The van der Waals surface area contributed by atoms with Crippen molar-refractivity contribution < 1.29 is 9.90 Å². The smallest absolute Gasteiger partial charge is 0.320 e.